The summed E-state index contributed by atoms with van der Waals surface area (Å²) in [5, 5.41) is 9.14. The molecule has 0 saturated carbocycles. The maximum atomic E-state index is 11.2. The van der Waals surface area contributed by atoms with Gasteiger partial charge in [-0.15, -0.1) is 0 Å². The molecular weight excluding hydrogens is 282 g/mol. The summed E-state index contributed by atoms with van der Waals surface area (Å²) in [6, 6.07) is 9.81. The van der Waals surface area contributed by atoms with Crippen molar-refractivity contribution < 1.29 is 14.6 Å². The molecule has 6 heteroatoms. The number of carboxylic acid groups (broad SMARTS) is 1. The molecule has 3 aromatic rings. The number of hydrogen-bond acceptors (Lipinski definition) is 4. The fourth-order valence-electron chi connectivity index (χ4n) is 2.40. The average molecular weight is 297 g/mol. The van der Waals surface area contributed by atoms with Gasteiger partial charge in [-0.05, 0) is 12.5 Å². The third-order valence-corrected chi connectivity index (χ3v) is 3.53. The highest BCUT2D eigenvalue weighted by Crippen LogP contribution is 2.26. The molecule has 0 atom stereocenters. The molecule has 0 spiro atoms. The predicted molar refractivity (Wildman–Crippen MR) is 81.0 cm³/mol. The van der Waals surface area contributed by atoms with E-state index in [9.17, 15) is 4.79 Å². The van der Waals surface area contributed by atoms with E-state index >= 15 is 0 Å². The highest BCUT2D eigenvalue weighted by molar-refractivity contribution is 5.90. The molecule has 0 fully saturated rings. The predicted octanol–water partition coefficient (Wildman–Crippen LogP) is 2.55. The quantitative estimate of drug-likeness (QED) is 0.800. The summed E-state index contributed by atoms with van der Waals surface area (Å²) in [4.78, 5) is 19.4. The van der Waals surface area contributed by atoms with E-state index in [0.717, 1.165) is 11.1 Å². The van der Waals surface area contributed by atoms with Crippen molar-refractivity contribution in [1.82, 2.24) is 14.5 Å². The number of hydrogen-bond donors (Lipinski definition) is 1. The molecule has 1 N–H and O–H groups in total. The number of pyridine rings is 1. The van der Waals surface area contributed by atoms with Gasteiger partial charge in [0.15, 0.2) is 5.65 Å². The van der Waals surface area contributed by atoms with Gasteiger partial charge < -0.3 is 14.4 Å². The summed E-state index contributed by atoms with van der Waals surface area (Å²) in [7, 11) is 1.66. The standard InChI is InChI=1S/C16H15N3O3/c1-10-12(22-9-11-6-4-3-5-7-11)8-17-14-13(10)19(2)15(18-14)16(20)21/h3-8H,9H2,1-2H3,(H,20,21). The molecule has 0 amide bonds. The fraction of sp³-hybridized carbons (Fsp3) is 0.188. The Hall–Kier alpha value is -2.89. The second-order valence-electron chi connectivity index (χ2n) is 4.99. The molecule has 0 aliphatic carbocycles. The first-order chi connectivity index (χ1) is 10.6. The smallest absolute Gasteiger partial charge is 0.372 e. The number of rotatable bonds is 4. The van der Waals surface area contributed by atoms with E-state index in [-0.39, 0.29) is 5.82 Å². The van der Waals surface area contributed by atoms with E-state index in [2.05, 4.69) is 9.97 Å². The number of carboxylic acids is 1. The normalized spacial score (nSPS) is 10.8. The van der Waals surface area contributed by atoms with Crippen molar-refractivity contribution in [3.05, 3.63) is 53.5 Å². The molecule has 2 heterocycles. The van der Waals surface area contributed by atoms with Gasteiger partial charge >= 0.3 is 5.97 Å². The van der Waals surface area contributed by atoms with E-state index in [1.807, 2.05) is 37.3 Å². The summed E-state index contributed by atoms with van der Waals surface area (Å²) >= 11 is 0. The minimum atomic E-state index is -1.08. The van der Waals surface area contributed by atoms with Crippen LogP contribution in [-0.4, -0.2) is 25.6 Å². The van der Waals surface area contributed by atoms with Crippen LogP contribution in [0.25, 0.3) is 11.2 Å². The van der Waals surface area contributed by atoms with E-state index in [0.29, 0.717) is 23.5 Å². The van der Waals surface area contributed by atoms with Gasteiger partial charge in [0, 0.05) is 12.6 Å². The van der Waals surface area contributed by atoms with Gasteiger partial charge in [0.2, 0.25) is 5.82 Å². The maximum absolute atomic E-state index is 11.2. The van der Waals surface area contributed by atoms with Crippen LogP contribution in [-0.2, 0) is 13.7 Å². The van der Waals surface area contributed by atoms with Crippen LogP contribution in [0.2, 0.25) is 0 Å². The number of nitrogens with zero attached hydrogens (tertiary/aromatic N) is 3. The highest BCUT2D eigenvalue weighted by atomic mass is 16.5. The zero-order valence-electron chi connectivity index (χ0n) is 12.3. The maximum Gasteiger partial charge on any atom is 0.372 e. The Morgan fingerprint density at radius 2 is 2.05 bits per heavy atom. The monoisotopic (exact) mass is 297 g/mol. The molecule has 1 aromatic carbocycles. The van der Waals surface area contributed by atoms with Crippen molar-refractivity contribution in [2.45, 2.75) is 13.5 Å². The van der Waals surface area contributed by atoms with Crippen LogP contribution in [0.3, 0.4) is 0 Å². The Kier molecular flexibility index (Phi) is 3.50. The van der Waals surface area contributed by atoms with E-state index < -0.39 is 5.97 Å². The van der Waals surface area contributed by atoms with Gasteiger partial charge in [0.05, 0.1) is 11.7 Å². The molecular formula is C16H15N3O3. The molecule has 0 saturated heterocycles. The number of aromatic carboxylic acids is 1. The summed E-state index contributed by atoms with van der Waals surface area (Å²) in [6.45, 7) is 2.30. The molecule has 112 valence electrons. The number of carbonyl (C=O) groups is 1. The molecule has 2 aromatic heterocycles. The van der Waals surface area contributed by atoms with Gasteiger partial charge in [0.1, 0.15) is 12.4 Å². The lowest BCUT2D eigenvalue weighted by Gasteiger charge is -2.10. The van der Waals surface area contributed by atoms with Crippen LogP contribution in [0, 0.1) is 6.92 Å². The molecule has 3 rings (SSSR count). The minimum Gasteiger partial charge on any atom is -0.487 e. The van der Waals surface area contributed by atoms with Crippen LogP contribution in [0.4, 0.5) is 0 Å². The molecule has 0 aliphatic heterocycles. The van der Waals surface area contributed by atoms with Gasteiger partial charge in [-0.3, -0.25) is 0 Å². The number of benzene rings is 1. The van der Waals surface area contributed by atoms with Crippen molar-refractivity contribution in [3.8, 4) is 5.75 Å². The topological polar surface area (TPSA) is 77.2 Å². The Balaban J connectivity index is 1.96. The second-order valence-corrected chi connectivity index (χ2v) is 4.99. The van der Waals surface area contributed by atoms with Crippen molar-refractivity contribution >= 4 is 17.1 Å². The van der Waals surface area contributed by atoms with Crippen LogP contribution < -0.4 is 4.74 Å². The first-order valence-electron chi connectivity index (χ1n) is 6.80. The van der Waals surface area contributed by atoms with Crippen molar-refractivity contribution in [2.75, 3.05) is 0 Å². The second kappa shape index (κ2) is 5.48. The number of aryl methyl sites for hydroxylation is 2. The fourth-order valence-corrected chi connectivity index (χ4v) is 2.40. The lowest BCUT2D eigenvalue weighted by atomic mass is 10.2. The Morgan fingerprint density at radius 3 is 2.73 bits per heavy atom. The molecule has 0 bridgehead atoms. The Bertz CT molecular complexity index is 841. The highest BCUT2D eigenvalue weighted by Gasteiger charge is 2.18. The third-order valence-electron chi connectivity index (χ3n) is 3.53. The van der Waals surface area contributed by atoms with E-state index in [1.54, 1.807) is 13.2 Å². The van der Waals surface area contributed by atoms with E-state index in [1.165, 1.54) is 4.57 Å². The van der Waals surface area contributed by atoms with Gasteiger partial charge in [-0.1, -0.05) is 30.3 Å². The zero-order valence-corrected chi connectivity index (χ0v) is 12.3. The first-order valence-corrected chi connectivity index (χ1v) is 6.80. The summed E-state index contributed by atoms with van der Waals surface area (Å²) < 4.78 is 7.33. The SMILES string of the molecule is Cc1c(OCc2ccccc2)cnc2nc(C(=O)O)n(C)c12. The van der Waals surface area contributed by atoms with Crippen molar-refractivity contribution in [1.29, 1.82) is 0 Å². The molecule has 22 heavy (non-hydrogen) atoms. The van der Waals surface area contributed by atoms with Crippen molar-refractivity contribution in [3.63, 3.8) is 0 Å². The van der Waals surface area contributed by atoms with Crippen LogP contribution in [0.5, 0.6) is 5.75 Å². The zero-order chi connectivity index (χ0) is 15.7. The molecule has 0 unspecified atom stereocenters. The Morgan fingerprint density at radius 1 is 1.32 bits per heavy atom. The molecule has 0 aliphatic rings. The third kappa shape index (κ3) is 2.39. The number of aromatic nitrogens is 3. The molecule has 6 nitrogen and oxygen atoms in total. The van der Waals surface area contributed by atoms with Crippen LogP contribution in [0.1, 0.15) is 21.7 Å². The number of ether oxygens (including phenoxy) is 1. The van der Waals surface area contributed by atoms with Gasteiger partial charge in [-0.25, -0.2) is 14.8 Å². The lowest BCUT2D eigenvalue weighted by Crippen LogP contribution is -2.06. The first kappa shape index (κ1) is 14.1. The van der Waals surface area contributed by atoms with Gasteiger partial charge in [-0.2, -0.15) is 0 Å². The molecule has 0 radical (unpaired) electrons. The minimum absolute atomic E-state index is 0.0363. The summed E-state index contributed by atoms with van der Waals surface area (Å²) in [6.07, 6.45) is 1.58. The van der Waals surface area contributed by atoms with Crippen LogP contribution >= 0.6 is 0 Å². The number of imidazole rings is 1. The van der Waals surface area contributed by atoms with Crippen LogP contribution in [0.15, 0.2) is 36.5 Å². The van der Waals surface area contributed by atoms with E-state index in [4.69, 9.17) is 9.84 Å². The average Bonchev–Trinajstić information content (AvgIpc) is 2.86. The van der Waals surface area contributed by atoms with Gasteiger partial charge in [0.25, 0.3) is 0 Å². The summed E-state index contributed by atoms with van der Waals surface area (Å²) in [5.74, 6) is -0.492. The summed E-state index contributed by atoms with van der Waals surface area (Å²) in [5.41, 5.74) is 2.95. The largest absolute Gasteiger partial charge is 0.487 e. The lowest BCUT2D eigenvalue weighted by molar-refractivity contribution is 0.0680. The number of fused-ring (bicyclic) bond motifs is 1. The van der Waals surface area contributed by atoms with Crippen molar-refractivity contribution in [2.24, 2.45) is 7.05 Å². The Labute approximate surface area is 127 Å².